The van der Waals surface area contributed by atoms with Gasteiger partial charge in [-0.25, -0.2) is 0 Å². The zero-order valence-corrected chi connectivity index (χ0v) is 21.2. The maximum absolute atomic E-state index is 10.7. The normalized spacial score (nSPS) is 12.4. The molecule has 5 heteroatoms. The number of benzene rings is 3. The molecule has 0 spiro atoms. The lowest BCUT2D eigenvalue weighted by molar-refractivity contribution is 0.148. The summed E-state index contributed by atoms with van der Waals surface area (Å²) in [6, 6.07) is 17.4. The minimum absolute atomic E-state index is 0.105. The van der Waals surface area contributed by atoms with Crippen LogP contribution in [0.4, 0.5) is 11.4 Å². The zero-order valence-electron chi connectivity index (χ0n) is 21.2. The Bertz CT molecular complexity index is 1060. The van der Waals surface area contributed by atoms with Gasteiger partial charge >= 0.3 is 0 Å². The second-order valence-electron chi connectivity index (χ2n) is 9.25. The van der Waals surface area contributed by atoms with Gasteiger partial charge < -0.3 is 14.9 Å². The van der Waals surface area contributed by atoms with E-state index < -0.39 is 0 Å². The van der Waals surface area contributed by atoms with Gasteiger partial charge in [-0.3, -0.25) is 0 Å². The Hall–Kier alpha value is -2.92. The molecule has 188 valence electrons. The van der Waals surface area contributed by atoms with E-state index in [9.17, 15) is 10.2 Å². The maximum atomic E-state index is 10.7. The van der Waals surface area contributed by atoms with E-state index in [0.717, 1.165) is 49.6 Å². The molecule has 2 N–H and O–H groups in total. The fourth-order valence-corrected chi connectivity index (χ4v) is 4.23. The van der Waals surface area contributed by atoms with Crippen molar-refractivity contribution in [1.29, 1.82) is 0 Å². The van der Waals surface area contributed by atoms with Gasteiger partial charge in [-0.1, -0.05) is 82.3 Å². The predicted molar refractivity (Wildman–Crippen MR) is 144 cm³/mol. The van der Waals surface area contributed by atoms with Crippen LogP contribution in [0, 0.1) is 0 Å². The number of nitrogens with zero attached hydrogens (tertiary/aromatic N) is 2. The van der Waals surface area contributed by atoms with Crippen LogP contribution in [-0.4, -0.2) is 22.9 Å². The van der Waals surface area contributed by atoms with E-state index in [1.165, 1.54) is 31.2 Å². The van der Waals surface area contributed by atoms with Gasteiger partial charge in [0.15, 0.2) is 5.75 Å². The highest BCUT2D eigenvalue weighted by atomic mass is 16.5. The molecule has 0 saturated carbocycles. The first-order valence-corrected chi connectivity index (χ1v) is 13.2. The Kier molecular flexibility index (Phi) is 11.0. The summed E-state index contributed by atoms with van der Waals surface area (Å²) in [5, 5.41) is 31.2. The summed E-state index contributed by atoms with van der Waals surface area (Å²) in [5.41, 5.74) is 2.34. The number of aromatic hydroxyl groups is 1. The van der Waals surface area contributed by atoms with Crippen LogP contribution in [0.15, 0.2) is 64.8 Å². The molecule has 0 aromatic heterocycles. The van der Waals surface area contributed by atoms with Crippen LogP contribution in [0.25, 0.3) is 10.8 Å². The third-order valence-electron chi connectivity index (χ3n) is 6.27. The lowest BCUT2D eigenvalue weighted by atomic mass is 10.0. The summed E-state index contributed by atoms with van der Waals surface area (Å²) in [6.07, 6.45) is 10.6. The van der Waals surface area contributed by atoms with E-state index in [1.807, 2.05) is 36.4 Å². The van der Waals surface area contributed by atoms with Gasteiger partial charge in [-0.2, -0.15) is 5.11 Å². The molecule has 0 radical (unpaired) electrons. The summed E-state index contributed by atoms with van der Waals surface area (Å²) in [6.45, 7) is 4.88. The Morgan fingerprint density at radius 1 is 0.800 bits per heavy atom. The van der Waals surface area contributed by atoms with E-state index in [-0.39, 0.29) is 11.9 Å². The fourth-order valence-electron chi connectivity index (χ4n) is 4.23. The lowest BCUT2D eigenvalue weighted by Gasteiger charge is -2.11. The number of aliphatic hydroxyl groups excluding tert-OH is 1. The Morgan fingerprint density at radius 3 is 2.26 bits per heavy atom. The molecular formula is C30H40N2O3. The van der Waals surface area contributed by atoms with Crippen molar-refractivity contribution < 1.29 is 14.9 Å². The van der Waals surface area contributed by atoms with Crippen molar-refractivity contribution in [2.75, 3.05) is 6.61 Å². The van der Waals surface area contributed by atoms with Crippen molar-refractivity contribution in [3.63, 3.8) is 0 Å². The van der Waals surface area contributed by atoms with Crippen molar-refractivity contribution in [3.05, 3.63) is 60.2 Å². The Morgan fingerprint density at radius 2 is 1.51 bits per heavy atom. The van der Waals surface area contributed by atoms with Crippen LogP contribution in [0.3, 0.4) is 0 Å². The smallest absolute Gasteiger partial charge is 0.151 e. The third kappa shape index (κ3) is 8.36. The SMILES string of the molecule is CCCCCCCC(O)CCCc1ccc(N=Nc2cc(OCCC)c3ccccc3c2O)cc1. The summed E-state index contributed by atoms with van der Waals surface area (Å²) >= 11 is 0. The van der Waals surface area contributed by atoms with Crippen molar-refractivity contribution in [2.24, 2.45) is 10.2 Å². The Balaban J connectivity index is 1.55. The molecule has 35 heavy (non-hydrogen) atoms. The number of fused-ring (bicyclic) bond motifs is 1. The Labute approximate surface area is 209 Å². The quantitative estimate of drug-likeness (QED) is 0.170. The molecule has 0 bridgehead atoms. The van der Waals surface area contributed by atoms with Crippen LogP contribution in [0.2, 0.25) is 0 Å². The number of hydrogen-bond acceptors (Lipinski definition) is 5. The molecule has 0 aliphatic rings. The number of ether oxygens (including phenoxy) is 1. The number of aliphatic hydroxyl groups is 1. The highest BCUT2D eigenvalue weighted by molar-refractivity contribution is 5.97. The molecule has 0 heterocycles. The van der Waals surface area contributed by atoms with Crippen molar-refractivity contribution in [1.82, 2.24) is 0 Å². The largest absolute Gasteiger partial charge is 0.505 e. The second-order valence-corrected chi connectivity index (χ2v) is 9.25. The summed E-state index contributed by atoms with van der Waals surface area (Å²) in [7, 11) is 0. The van der Waals surface area contributed by atoms with Crippen LogP contribution in [0.1, 0.15) is 77.2 Å². The van der Waals surface area contributed by atoms with Crippen molar-refractivity contribution >= 4 is 22.1 Å². The summed E-state index contributed by atoms with van der Waals surface area (Å²) in [4.78, 5) is 0. The average molecular weight is 477 g/mol. The number of phenolic OH excluding ortho intramolecular Hbond substituents is 1. The van der Waals surface area contributed by atoms with Crippen LogP contribution in [-0.2, 0) is 6.42 Å². The molecule has 3 aromatic carbocycles. The average Bonchev–Trinajstić information content (AvgIpc) is 2.88. The fraction of sp³-hybridized carbons (Fsp3) is 0.467. The van der Waals surface area contributed by atoms with Gasteiger partial charge in [0.25, 0.3) is 0 Å². The van der Waals surface area contributed by atoms with Crippen LogP contribution >= 0.6 is 0 Å². The second kappa shape index (κ2) is 14.5. The minimum atomic E-state index is -0.189. The van der Waals surface area contributed by atoms with Crippen molar-refractivity contribution in [2.45, 2.75) is 84.2 Å². The predicted octanol–water partition coefficient (Wildman–Crippen LogP) is 8.79. The van der Waals surface area contributed by atoms with Crippen LogP contribution < -0.4 is 4.74 Å². The van der Waals surface area contributed by atoms with Gasteiger partial charge in [0.2, 0.25) is 0 Å². The van der Waals surface area contributed by atoms with Gasteiger partial charge in [0.1, 0.15) is 11.4 Å². The standard InChI is InChI=1S/C30H40N2O3/c1-3-5-6-7-8-13-25(33)14-11-12-23-17-19-24(20-18-23)31-32-28-22-29(35-21-4-2)26-15-9-10-16-27(26)30(28)34/h9-10,15-20,22,25,33-34H,3-8,11-14,21H2,1-2H3. The molecule has 0 aliphatic carbocycles. The van der Waals surface area contributed by atoms with E-state index in [2.05, 4.69) is 36.2 Å². The molecule has 5 nitrogen and oxygen atoms in total. The topological polar surface area (TPSA) is 74.4 Å². The summed E-state index contributed by atoms with van der Waals surface area (Å²) in [5.74, 6) is 0.807. The van der Waals surface area contributed by atoms with Gasteiger partial charge in [-0.15, -0.1) is 5.11 Å². The van der Waals surface area contributed by atoms with E-state index in [1.54, 1.807) is 6.07 Å². The molecular weight excluding hydrogens is 436 g/mol. The molecule has 1 unspecified atom stereocenters. The molecule has 1 atom stereocenters. The number of unbranched alkanes of at least 4 members (excludes halogenated alkanes) is 4. The number of azo groups is 1. The first-order valence-electron chi connectivity index (χ1n) is 13.2. The van der Waals surface area contributed by atoms with E-state index in [0.29, 0.717) is 23.4 Å². The molecule has 0 aliphatic heterocycles. The van der Waals surface area contributed by atoms with Crippen molar-refractivity contribution in [3.8, 4) is 11.5 Å². The van der Waals surface area contributed by atoms with Gasteiger partial charge in [0, 0.05) is 16.8 Å². The molecule has 3 rings (SSSR count). The summed E-state index contributed by atoms with van der Waals surface area (Å²) < 4.78 is 5.89. The maximum Gasteiger partial charge on any atom is 0.151 e. The molecule has 0 fully saturated rings. The minimum Gasteiger partial charge on any atom is -0.505 e. The zero-order chi connectivity index (χ0) is 24.9. The highest BCUT2D eigenvalue weighted by Crippen LogP contribution is 2.41. The molecule has 0 saturated heterocycles. The van der Waals surface area contributed by atoms with E-state index in [4.69, 9.17) is 4.74 Å². The third-order valence-corrected chi connectivity index (χ3v) is 6.27. The molecule has 0 amide bonds. The number of aryl methyl sites for hydroxylation is 1. The first-order chi connectivity index (χ1) is 17.1. The number of hydrogen-bond donors (Lipinski definition) is 2. The van der Waals surface area contributed by atoms with Gasteiger partial charge in [-0.05, 0) is 49.8 Å². The first kappa shape index (κ1) is 26.7. The van der Waals surface area contributed by atoms with E-state index >= 15 is 0 Å². The van der Waals surface area contributed by atoms with Crippen LogP contribution in [0.5, 0.6) is 11.5 Å². The monoisotopic (exact) mass is 476 g/mol. The number of phenols is 1. The molecule has 3 aromatic rings. The lowest BCUT2D eigenvalue weighted by Crippen LogP contribution is -2.06. The van der Waals surface area contributed by atoms with Gasteiger partial charge in [0.05, 0.1) is 18.4 Å². The highest BCUT2D eigenvalue weighted by Gasteiger charge is 2.12. The number of rotatable bonds is 15.